The number of anilines is 1. The van der Waals surface area contributed by atoms with E-state index in [4.69, 9.17) is 9.47 Å². The van der Waals surface area contributed by atoms with Crippen LogP contribution in [0.1, 0.15) is 50.3 Å². The summed E-state index contributed by atoms with van der Waals surface area (Å²) in [6.45, 7) is 6.52. The maximum Gasteiger partial charge on any atom is 0.414 e. The number of likely N-dealkylation sites (tertiary alicyclic amines) is 1. The first-order chi connectivity index (χ1) is 19.5. The maximum absolute atomic E-state index is 15.1. The van der Waals surface area contributed by atoms with Crippen LogP contribution in [0.5, 0.6) is 0 Å². The second-order valence-corrected chi connectivity index (χ2v) is 12.1. The second-order valence-electron chi connectivity index (χ2n) is 12.1. The summed E-state index contributed by atoms with van der Waals surface area (Å²) >= 11 is 0. The van der Waals surface area contributed by atoms with Crippen LogP contribution in [-0.4, -0.2) is 66.2 Å². The largest absolute Gasteiger partial charge is 0.444 e. The number of alkyl halides is 2. The van der Waals surface area contributed by atoms with Gasteiger partial charge in [-0.1, -0.05) is 42.5 Å². The smallest absolute Gasteiger partial charge is 0.414 e. The minimum atomic E-state index is -3.12. The fourth-order valence-electron chi connectivity index (χ4n) is 5.93. The van der Waals surface area contributed by atoms with E-state index < -0.39 is 24.2 Å². The Labute approximate surface area is 240 Å². The summed E-state index contributed by atoms with van der Waals surface area (Å²) in [5.74, 6) is -2.76. The third-order valence-electron chi connectivity index (χ3n) is 7.93. The average Bonchev–Trinajstić information content (AvgIpc) is 3.37. The Morgan fingerprint density at radius 1 is 0.976 bits per heavy atom. The standard InChI is InChI=1S/C32H39F2N3O4/c1-31(2,3)41-29(38)36-18-15-28(32(33,34)22-36)35-16-12-23(13-17-35)20-25-10-7-11-27-26(25)14-19-37(27)30(39)40-21-24-8-5-4-6-9-24/h4-11,15,23H,12-14,16-22H2,1-3H3. The van der Waals surface area contributed by atoms with Gasteiger partial charge in [0.15, 0.2) is 0 Å². The molecule has 0 aliphatic carbocycles. The molecule has 5 rings (SSSR count). The lowest BCUT2D eigenvalue weighted by Crippen LogP contribution is -2.51. The van der Waals surface area contributed by atoms with Gasteiger partial charge in [0.1, 0.15) is 12.2 Å². The summed E-state index contributed by atoms with van der Waals surface area (Å²) in [6, 6.07) is 15.7. The summed E-state index contributed by atoms with van der Waals surface area (Å²) < 4.78 is 41.1. The zero-order valence-electron chi connectivity index (χ0n) is 24.1. The third kappa shape index (κ3) is 6.82. The van der Waals surface area contributed by atoms with E-state index in [1.54, 1.807) is 30.6 Å². The van der Waals surface area contributed by atoms with Crippen molar-refractivity contribution in [1.29, 1.82) is 0 Å². The number of ether oxygens (including phenoxy) is 2. The first kappa shape index (κ1) is 28.9. The molecule has 3 aliphatic rings. The number of rotatable bonds is 5. The van der Waals surface area contributed by atoms with E-state index in [9.17, 15) is 9.59 Å². The predicted octanol–water partition coefficient (Wildman–Crippen LogP) is 6.41. The van der Waals surface area contributed by atoms with Crippen molar-refractivity contribution < 1.29 is 27.8 Å². The zero-order chi connectivity index (χ0) is 29.2. The van der Waals surface area contributed by atoms with Crippen molar-refractivity contribution >= 4 is 17.9 Å². The van der Waals surface area contributed by atoms with Gasteiger partial charge < -0.3 is 14.4 Å². The van der Waals surface area contributed by atoms with Crippen molar-refractivity contribution in [3.8, 4) is 0 Å². The summed E-state index contributed by atoms with van der Waals surface area (Å²) in [4.78, 5) is 29.7. The number of amides is 2. The molecule has 3 aliphatic heterocycles. The molecule has 0 aromatic heterocycles. The molecule has 3 heterocycles. The molecule has 0 unspecified atom stereocenters. The summed E-state index contributed by atoms with van der Waals surface area (Å²) in [6.07, 6.45) is 3.65. The summed E-state index contributed by atoms with van der Waals surface area (Å²) in [5.41, 5.74) is 3.52. The van der Waals surface area contributed by atoms with Gasteiger partial charge in [0.05, 0.1) is 17.9 Å². The van der Waals surface area contributed by atoms with Gasteiger partial charge in [0.25, 0.3) is 0 Å². The van der Waals surface area contributed by atoms with Crippen molar-refractivity contribution in [3.05, 3.63) is 77.0 Å². The number of fused-ring (bicyclic) bond motifs is 1. The molecule has 2 amide bonds. The zero-order valence-corrected chi connectivity index (χ0v) is 24.1. The first-order valence-corrected chi connectivity index (χ1v) is 14.4. The van der Waals surface area contributed by atoms with E-state index in [1.807, 2.05) is 42.5 Å². The van der Waals surface area contributed by atoms with Gasteiger partial charge in [-0.05, 0) is 81.2 Å². The van der Waals surface area contributed by atoms with Gasteiger partial charge in [0, 0.05) is 26.2 Å². The van der Waals surface area contributed by atoms with Gasteiger partial charge in [-0.15, -0.1) is 0 Å². The molecule has 7 nitrogen and oxygen atoms in total. The Morgan fingerprint density at radius 2 is 1.71 bits per heavy atom. The van der Waals surface area contributed by atoms with Gasteiger partial charge in [-0.25, -0.2) is 9.59 Å². The van der Waals surface area contributed by atoms with Crippen LogP contribution in [0.2, 0.25) is 0 Å². The van der Waals surface area contributed by atoms with E-state index in [-0.39, 0.29) is 24.9 Å². The van der Waals surface area contributed by atoms with Gasteiger partial charge in [-0.2, -0.15) is 8.78 Å². The fourth-order valence-corrected chi connectivity index (χ4v) is 5.93. The van der Waals surface area contributed by atoms with Crippen molar-refractivity contribution in [2.45, 2.75) is 64.6 Å². The van der Waals surface area contributed by atoms with Crippen molar-refractivity contribution in [2.75, 3.05) is 37.6 Å². The Hall–Kier alpha value is -3.62. The van der Waals surface area contributed by atoms with Gasteiger partial charge in [-0.3, -0.25) is 9.80 Å². The highest BCUT2D eigenvalue weighted by Gasteiger charge is 2.44. The number of carbonyl (C=O) groups is 2. The average molecular weight is 568 g/mol. The summed E-state index contributed by atoms with van der Waals surface area (Å²) in [5, 5.41) is 0. The quantitative estimate of drug-likeness (QED) is 0.418. The number of halogens is 2. The highest BCUT2D eigenvalue weighted by Crippen LogP contribution is 2.37. The van der Waals surface area contributed by atoms with Gasteiger partial charge >= 0.3 is 18.1 Å². The molecule has 1 saturated heterocycles. The number of piperidine rings is 1. The number of carbonyl (C=O) groups excluding carboxylic acids is 2. The number of nitrogens with zero attached hydrogens (tertiary/aromatic N) is 3. The molecule has 0 saturated carbocycles. The van der Waals surface area contributed by atoms with E-state index >= 15 is 8.78 Å². The molecule has 0 spiro atoms. The lowest BCUT2D eigenvalue weighted by molar-refractivity contribution is -0.0426. The Balaban J connectivity index is 1.16. The SMILES string of the molecule is CC(C)(C)OC(=O)N1CC=C(N2CCC(Cc3cccc4c3CCN4C(=O)OCc3ccccc3)CC2)C(F)(F)C1. The van der Waals surface area contributed by atoms with Crippen molar-refractivity contribution in [2.24, 2.45) is 5.92 Å². The van der Waals surface area contributed by atoms with Crippen LogP contribution >= 0.6 is 0 Å². The van der Waals surface area contributed by atoms with E-state index in [0.29, 0.717) is 25.6 Å². The van der Waals surface area contributed by atoms with E-state index in [2.05, 4.69) is 6.07 Å². The normalized spacial score (nSPS) is 19.0. The monoisotopic (exact) mass is 567 g/mol. The molecule has 0 radical (unpaired) electrons. The van der Waals surface area contributed by atoms with E-state index in [0.717, 1.165) is 41.8 Å². The molecule has 220 valence electrons. The van der Waals surface area contributed by atoms with Gasteiger partial charge in [0.2, 0.25) is 0 Å². The maximum atomic E-state index is 15.1. The Kier molecular flexibility index (Phi) is 8.25. The van der Waals surface area contributed by atoms with Crippen LogP contribution in [0.25, 0.3) is 0 Å². The van der Waals surface area contributed by atoms with E-state index in [1.165, 1.54) is 17.2 Å². The molecule has 2 aromatic rings. The first-order valence-electron chi connectivity index (χ1n) is 14.4. The van der Waals surface area contributed by atoms with Crippen LogP contribution in [-0.2, 0) is 28.9 Å². The second kappa shape index (κ2) is 11.7. The molecule has 1 fully saturated rings. The van der Waals surface area contributed by atoms with Crippen molar-refractivity contribution in [3.63, 3.8) is 0 Å². The predicted molar refractivity (Wildman–Crippen MR) is 153 cm³/mol. The lowest BCUT2D eigenvalue weighted by Gasteiger charge is -2.41. The molecule has 9 heteroatoms. The fraction of sp³-hybridized carbons (Fsp3) is 0.500. The Morgan fingerprint density at radius 3 is 2.39 bits per heavy atom. The van der Waals surface area contributed by atoms with Crippen LogP contribution in [0, 0.1) is 5.92 Å². The lowest BCUT2D eigenvalue weighted by atomic mass is 9.87. The van der Waals surface area contributed by atoms with Crippen LogP contribution in [0.4, 0.5) is 24.1 Å². The molecule has 41 heavy (non-hydrogen) atoms. The minimum Gasteiger partial charge on any atom is -0.444 e. The minimum absolute atomic E-state index is 0.0148. The van der Waals surface area contributed by atoms with Crippen LogP contribution in [0.15, 0.2) is 60.3 Å². The van der Waals surface area contributed by atoms with Crippen LogP contribution < -0.4 is 4.90 Å². The highest BCUT2D eigenvalue weighted by molar-refractivity contribution is 5.90. The molecular weight excluding hydrogens is 528 g/mol. The summed E-state index contributed by atoms with van der Waals surface area (Å²) in [7, 11) is 0. The molecule has 0 atom stereocenters. The number of benzene rings is 2. The molecule has 0 bridgehead atoms. The van der Waals surface area contributed by atoms with Crippen molar-refractivity contribution in [1.82, 2.24) is 9.80 Å². The Bertz CT molecular complexity index is 1280. The molecule has 2 aromatic carbocycles. The topological polar surface area (TPSA) is 62.3 Å². The highest BCUT2D eigenvalue weighted by atomic mass is 19.3. The number of hydrogen-bond donors (Lipinski definition) is 0. The van der Waals surface area contributed by atoms with Crippen LogP contribution in [0.3, 0.4) is 0 Å². The number of hydrogen-bond acceptors (Lipinski definition) is 5. The molecular formula is C32H39F2N3O4. The molecule has 0 N–H and O–H groups in total. The third-order valence-corrected chi connectivity index (χ3v) is 7.93.